The maximum atomic E-state index is 12.1. The van der Waals surface area contributed by atoms with Crippen LogP contribution in [0.3, 0.4) is 0 Å². The lowest BCUT2D eigenvalue weighted by atomic mass is 10.1. The van der Waals surface area contributed by atoms with Crippen molar-refractivity contribution in [2.75, 3.05) is 0 Å². The van der Waals surface area contributed by atoms with Gasteiger partial charge in [-0.25, -0.2) is 4.98 Å². The third-order valence-electron chi connectivity index (χ3n) is 3.68. The Labute approximate surface area is 127 Å². The highest BCUT2D eigenvalue weighted by Crippen LogP contribution is 2.17. The van der Waals surface area contributed by atoms with Crippen molar-refractivity contribution < 1.29 is 5.11 Å². The number of aryl methyl sites for hydroxylation is 2. The van der Waals surface area contributed by atoms with Crippen molar-refractivity contribution in [3.8, 4) is 0 Å². The van der Waals surface area contributed by atoms with E-state index in [0.29, 0.717) is 16.6 Å². The van der Waals surface area contributed by atoms with E-state index in [0.717, 1.165) is 11.1 Å². The number of hydrogen-bond donors (Lipinski definition) is 2. The van der Waals surface area contributed by atoms with E-state index in [1.165, 1.54) is 6.08 Å². The lowest BCUT2D eigenvalue weighted by molar-refractivity contribution is 0.515. The van der Waals surface area contributed by atoms with Gasteiger partial charge in [0.05, 0.1) is 11.0 Å². The molecule has 4 nitrogen and oxygen atoms in total. The molecule has 0 radical (unpaired) electrons. The van der Waals surface area contributed by atoms with Crippen LogP contribution in [0.25, 0.3) is 22.9 Å². The van der Waals surface area contributed by atoms with Crippen LogP contribution in [0, 0.1) is 13.8 Å². The van der Waals surface area contributed by atoms with Crippen LogP contribution in [0.4, 0.5) is 0 Å². The summed E-state index contributed by atoms with van der Waals surface area (Å²) in [5, 5.41) is 10.1. The summed E-state index contributed by atoms with van der Waals surface area (Å²) in [5.41, 5.74) is 4.12. The Hall–Kier alpha value is -2.88. The van der Waals surface area contributed by atoms with Gasteiger partial charge in [-0.15, -0.1) is 0 Å². The molecule has 1 heterocycles. The lowest BCUT2D eigenvalue weighted by Crippen LogP contribution is -2.12. The molecule has 0 bridgehead atoms. The first-order valence-corrected chi connectivity index (χ1v) is 7.02. The van der Waals surface area contributed by atoms with Gasteiger partial charge in [0.1, 0.15) is 11.5 Å². The number of nitrogens with zero attached hydrogens (tertiary/aromatic N) is 1. The quantitative estimate of drug-likeness (QED) is 0.709. The Morgan fingerprint density at radius 1 is 1.14 bits per heavy atom. The SMILES string of the molecule is Cc1cc2nc(C=C(O)c3ccccc3)c(=O)[nH]c2cc1C. The smallest absolute Gasteiger partial charge is 0.274 e. The first kappa shape index (κ1) is 14.1. The molecule has 110 valence electrons. The van der Waals surface area contributed by atoms with Gasteiger partial charge in [0.25, 0.3) is 5.56 Å². The van der Waals surface area contributed by atoms with Gasteiger partial charge >= 0.3 is 0 Å². The van der Waals surface area contributed by atoms with Gasteiger partial charge in [0.2, 0.25) is 0 Å². The van der Waals surface area contributed by atoms with Crippen LogP contribution >= 0.6 is 0 Å². The molecule has 1 aromatic heterocycles. The molecule has 0 saturated heterocycles. The molecule has 3 rings (SSSR count). The summed E-state index contributed by atoms with van der Waals surface area (Å²) >= 11 is 0. The second-order valence-electron chi connectivity index (χ2n) is 5.30. The van der Waals surface area contributed by atoms with E-state index >= 15 is 0 Å². The largest absolute Gasteiger partial charge is 0.507 e. The van der Waals surface area contributed by atoms with Gasteiger partial charge < -0.3 is 10.1 Å². The average Bonchev–Trinajstić information content (AvgIpc) is 2.51. The van der Waals surface area contributed by atoms with Gasteiger partial charge in [0, 0.05) is 11.6 Å². The Bertz CT molecular complexity index is 925. The van der Waals surface area contributed by atoms with Gasteiger partial charge in [-0.1, -0.05) is 30.3 Å². The first-order valence-electron chi connectivity index (χ1n) is 7.02. The number of aliphatic hydroxyl groups is 1. The Balaban J connectivity index is 2.13. The maximum Gasteiger partial charge on any atom is 0.274 e. The first-order chi connectivity index (χ1) is 10.5. The maximum absolute atomic E-state index is 12.1. The molecule has 0 fully saturated rings. The molecule has 4 heteroatoms. The summed E-state index contributed by atoms with van der Waals surface area (Å²) in [5.74, 6) is 0.0155. The molecule has 0 aliphatic carbocycles. The highest BCUT2D eigenvalue weighted by Gasteiger charge is 2.06. The predicted octanol–water partition coefficient (Wildman–Crippen LogP) is 3.60. The second-order valence-corrected chi connectivity index (χ2v) is 5.30. The fourth-order valence-corrected chi connectivity index (χ4v) is 2.28. The zero-order valence-electron chi connectivity index (χ0n) is 12.4. The van der Waals surface area contributed by atoms with Crippen LogP contribution in [-0.4, -0.2) is 15.1 Å². The molecule has 2 N–H and O–H groups in total. The van der Waals surface area contributed by atoms with Crippen LogP contribution < -0.4 is 5.56 Å². The molecular formula is C18H16N2O2. The number of fused-ring (bicyclic) bond motifs is 1. The van der Waals surface area contributed by atoms with E-state index in [-0.39, 0.29) is 17.0 Å². The molecule has 3 aromatic rings. The molecule has 22 heavy (non-hydrogen) atoms. The molecule has 0 saturated carbocycles. The highest BCUT2D eigenvalue weighted by molar-refractivity contribution is 5.80. The Kier molecular flexibility index (Phi) is 3.51. The highest BCUT2D eigenvalue weighted by atomic mass is 16.3. The summed E-state index contributed by atoms with van der Waals surface area (Å²) < 4.78 is 0. The second kappa shape index (κ2) is 5.48. The third-order valence-corrected chi connectivity index (χ3v) is 3.68. The van der Waals surface area contributed by atoms with Crippen LogP contribution in [0.2, 0.25) is 0 Å². The zero-order chi connectivity index (χ0) is 15.7. The molecule has 0 spiro atoms. The number of benzene rings is 2. The average molecular weight is 292 g/mol. The number of rotatable bonds is 2. The van der Waals surface area contributed by atoms with Crippen LogP contribution in [0.15, 0.2) is 47.3 Å². The van der Waals surface area contributed by atoms with Crippen LogP contribution in [0.1, 0.15) is 22.4 Å². The van der Waals surface area contributed by atoms with Crippen molar-refractivity contribution in [2.45, 2.75) is 13.8 Å². The van der Waals surface area contributed by atoms with E-state index in [4.69, 9.17) is 0 Å². The number of aromatic nitrogens is 2. The minimum Gasteiger partial charge on any atom is -0.507 e. The molecule has 0 unspecified atom stereocenters. The van der Waals surface area contributed by atoms with Crippen molar-refractivity contribution in [1.82, 2.24) is 9.97 Å². The fraction of sp³-hybridized carbons (Fsp3) is 0.111. The van der Waals surface area contributed by atoms with Crippen LogP contribution in [-0.2, 0) is 0 Å². The minimum absolute atomic E-state index is 0.0155. The number of nitrogens with one attached hydrogen (secondary N) is 1. The van der Waals surface area contributed by atoms with E-state index in [1.807, 2.05) is 44.2 Å². The summed E-state index contributed by atoms with van der Waals surface area (Å²) in [6.07, 6.45) is 1.39. The Morgan fingerprint density at radius 2 is 1.82 bits per heavy atom. The number of aliphatic hydroxyl groups excluding tert-OH is 1. The molecule has 0 atom stereocenters. The number of hydrogen-bond acceptors (Lipinski definition) is 3. The lowest BCUT2D eigenvalue weighted by Gasteiger charge is -2.04. The van der Waals surface area contributed by atoms with E-state index in [1.54, 1.807) is 12.1 Å². The van der Waals surface area contributed by atoms with Crippen LogP contribution in [0.5, 0.6) is 0 Å². The van der Waals surface area contributed by atoms with E-state index < -0.39 is 0 Å². The molecule has 0 amide bonds. The van der Waals surface area contributed by atoms with E-state index in [9.17, 15) is 9.90 Å². The normalized spacial score (nSPS) is 11.8. The van der Waals surface area contributed by atoms with Crippen molar-refractivity contribution in [3.63, 3.8) is 0 Å². The van der Waals surface area contributed by atoms with Gasteiger partial charge in [0.15, 0.2) is 0 Å². The molecule has 0 aliphatic heterocycles. The summed E-state index contributed by atoms with van der Waals surface area (Å²) in [4.78, 5) is 19.3. The molecule has 2 aromatic carbocycles. The third kappa shape index (κ3) is 2.63. The molecular weight excluding hydrogens is 276 g/mol. The van der Waals surface area contributed by atoms with Crippen molar-refractivity contribution in [3.05, 3.63) is 75.2 Å². The van der Waals surface area contributed by atoms with Crippen molar-refractivity contribution >= 4 is 22.9 Å². The topological polar surface area (TPSA) is 66.0 Å². The van der Waals surface area contributed by atoms with Crippen molar-refractivity contribution in [2.24, 2.45) is 0 Å². The summed E-state index contributed by atoms with van der Waals surface area (Å²) in [6, 6.07) is 12.9. The Morgan fingerprint density at radius 3 is 2.55 bits per heavy atom. The number of aromatic amines is 1. The van der Waals surface area contributed by atoms with Gasteiger partial charge in [-0.2, -0.15) is 0 Å². The summed E-state index contributed by atoms with van der Waals surface area (Å²) in [6.45, 7) is 3.99. The monoisotopic (exact) mass is 292 g/mol. The fourth-order valence-electron chi connectivity index (χ4n) is 2.28. The standard InChI is InChI=1S/C18H16N2O2/c1-11-8-14-15(9-12(11)2)20-18(22)16(19-14)10-17(21)13-6-4-3-5-7-13/h3-10,21H,1-2H3,(H,20,22). The predicted molar refractivity (Wildman–Crippen MR) is 88.8 cm³/mol. The molecule has 0 aliphatic rings. The summed E-state index contributed by atoms with van der Waals surface area (Å²) in [7, 11) is 0. The van der Waals surface area contributed by atoms with E-state index in [2.05, 4.69) is 9.97 Å². The van der Waals surface area contributed by atoms with Gasteiger partial charge in [-0.05, 0) is 37.1 Å². The number of H-pyrrole nitrogens is 1. The van der Waals surface area contributed by atoms with Gasteiger partial charge in [-0.3, -0.25) is 4.79 Å². The zero-order valence-corrected chi connectivity index (χ0v) is 12.4. The van der Waals surface area contributed by atoms with Crippen molar-refractivity contribution in [1.29, 1.82) is 0 Å². The minimum atomic E-state index is -0.321.